The molecule has 0 spiro atoms. The summed E-state index contributed by atoms with van der Waals surface area (Å²) in [7, 11) is -1.39. The van der Waals surface area contributed by atoms with Crippen LogP contribution in [0, 0.1) is 17.0 Å². The van der Waals surface area contributed by atoms with Crippen LogP contribution in [0.2, 0.25) is 0 Å². The molecule has 0 aliphatic rings. The Morgan fingerprint density at radius 2 is 1.65 bits per heavy atom. The lowest BCUT2D eigenvalue weighted by Gasteiger charge is -2.17. The molecule has 0 aliphatic heterocycles. The maximum Gasteiger partial charge on any atom is 0.330 e. The normalized spacial score (nSPS) is 12.5. The average molecular weight is 522 g/mol. The monoisotopic (exact) mass is 521 g/mol. The fourth-order valence-corrected chi connectivity index (χ4v) is 6.47. The molecule has 1 heterocycles. The van der Waals surface area contributed by atoms with Crippen LogP contribution in [0.1, 0.15) is 37.0 Å². The van der Waals surface area contributed by atoms with Gasteiger partial charge in [-0.3, -0.25) is 19.7 Å². The van der Waals surface area contributed by atoms with Gasteiger partial charge in [-0.1, -0.05) is 30.3 Å². The lowest BCUT2D eigenvalue weighted by molar-refractivity contribution is -0.384. The summed E-state index contributed by atoms with van der Waals surface area (Å²) in [5.41, 5.74) is 5.83. The first-order valence-corrected chi connectivity index (χ1v) is 14.2. The Morgan fingerprint density at radius 3 is 2.27 bits per heavy atom. The zero-order valence-electron chi connectivity index (χ0n) is 21.6. The highest BCUT2D eigenvalue weighted by atomic mass is 31.2. The van der Waals surface area contributed by atoms with Gasteiger partial charge in [0.25, 0.3) is 5.69 Å². The number of hydrogen-bond donors (Lipinski definition) is 0. The summed E-state index contributed by atoms with van der Waals surface area (Å²) < 4.78 is 26.0. The molecular weight excluding hydrogens is 489 g/mol. The third kappa shape index (κ3) is 5.52. The highest BCUT2D eigenvalue weighted by Gasteiger charge is 2.23. The molecule has 8 nitrogen and oxygen atoms in total. The number of hydrogen-bond acceptors (Lipinski definition) is 6. The molecule has 1 aromatic heterocycles. The van der Waals surface area contributed by atoms with Gasteiger partial charge in [0, 0.05) is 58.7 Å². The molecule has 37 heavy (non-hydrogen) atoms. The maximum absolute atomic E-state index is 13.0. The molecule has 3 aromatic carbocycles. The summed E-state index contributed by atoms with van der Waals surface area (Å²) in [4.78, 5) is 15.8. The zero-order valence-corrected chi connectivity index (χ0v) is 22.5. The number of aromatic nitrogens is 1. The summed E-state index contributed by atoms with van der Waals surface area (Å²) in [5, 5.41) is 13.3. The van der Waals surface area contributed by atoms with Crippen molar-refractivity contribution in [1.29, 1.82) is 0 Å². The Bertz CT molecular complexity index is 1520. The second-order valence-electron chi connectivity index (χ2n) is 8.75. The third-order valence-electron chi connectivity index (χ3n) is 6.42. The zero-order chi connectivity index (χ0) is 26.6. The van der Waals surface area contributed by atoms with E-state index in [-0.39, 0.29) is 10.6 Å². The minimum Gasteiger partial charge on any atom is -0.340 e. The van der Waals surface area contributed by atoms with Crippen molar-refractivity contribution in [1.82, 2.24) is 4.57 Å². The van der Waals surface area contributed by atoms with Crippen LogP contribution in [0.3, 0.4) is 0 Å². The molecule has 0 fully saturated rings. The van der Waals surface area contributed by atoms with Crippen LogP contribution in [0.25, 0.3) is 21.8 Å². The van der Waals surface area contributed by atoms with Gasteiger partial charge in [0.15, 0.2) is 0 Å². The first-order valence-electron chi connectivity index (χ1n) is 12.4. The van der Waals surface area contributed by atoms with Gasteiger partial charge in [-0.05, 0) is 51.0 Å². The van der Waals surface area contributed by atoms with Gasteiger partial charge >= 0.3 is 7.60 Å². The van der Waals surface area contributed by atoms with Crippen LogP contribution in [0.15, 0.2) is 65.7 Å². The van der Waals surface area contributed by atoms with Gasteiger partial charge in [0.05, 0.1) is 30.0 Å². The van der Waals surface area contributed by atoms with E-state index in [1.807, 2.05) is 30.3 Å². The fourth-order valence-electron chi connectivity index (χ4n) is 4.82. The molecule has 0 amide bonds. The van der Waals surface area contributed by atoms with E-state index in [0.717, 1.165) is 44.2 Å². The number of nitrogens with zero attached hydrogens (tertiary/aromatic N) is 3. The van der Waals surface area contributed by atoms with Crippen molar-refractivity contribution in [2.24, 2.45) is 4.99 Å². The molecule has 0 aliphatic carbocycles. The number of benzene rings is 3. The van der Waals surface area contributed by atoms with E-state index in [2.05, 4.69) is 28.6 Å². The molecule has 0 saturated carbocycles. The fraction of sp³-hybridized carbons (Fsp3) is 0.321. The molecule has 0 atom stereocenters. The van der Waals surface area contributed by atoms with Crippen LogP contribution in [0.5, 0.6) is 0 Å². The van der Waals surface area contributed by atoms with E-state index in [0.29, 0.717) is 32.3 Å². The number of aryl methyl sites for hydroxylation is 2. The molecule has 0 unspecified atom stereocenters. The average Bonchev–Trinajstić information content (AvgIpc) is 3.18. The predicted octanol–water partition coefficient (Wildman–Crippen LogP) is 7.13. The number of nitro benzene ring substituents is 1. The molecule has 0 saturated heterocycles. The van der Waals surface area contributed by atoms with Crippen LogP contribution in [-0.2, 0) is 20.2 Å². The van der Waals surface area contributed by atoms with Crippen molar-refractivity contribution in [3.63, 3.8) is 0 Å². The van der Waals surface area contributed by atoms with Crippen LogP contribution < -0.4 is 0 Å². The Kier molecular flexibility index (Phi) is 8.22. The van der Waals surface area contributed by atoms with Gasteiger partial charge in [0.2, 0.25) is 0 Å². The molecule has 0 N–H and O–H groups in total. The molecule has 0 bridgehead atoms. The summed E-state index contributed by atoms with van der Waals surface area (Å²) >= 11 is 0. The highest BCUT2D eigenvalue weighted by Crippen LogP contribution is 2.48. The summed E-state index contributed by atoms with van der Waals surface area (Å²) in [6.45, 7) is 6.86. The molecule has 9 heteroatoms. The predicted molar refractivity (Wildman–Crippen MR) is 149 cm³/mol. The standard InChI is InChI=1S/C28H32N3O5P/c1-5-35-37(34,36-6-2)17-9-16-30-26-14-12-21(28(29-4)23-11-8-7-10-20(23)3)18-24(26)25-19-22(31(32)33)13-15-27(25)30/h7-8,10-15,18-19H,5-6,9,16-17H2,1-4H3. The van der Waals surface area contributed by atoms with E-state index < -0.39 is 7.60 Å². The van der Waals surface area contributed by atoms with Gasteiger partial charge in [-0.15, -0.1) is 0 Å². The van der Waals surface area contributed by atoms with E-state index in [1.54, 1.807) is 33.0 Å². The van der Waals surface area contributed by atoms with Crippen LogP contribution in [0.4, 0.5) is 5.69 Å². The Labute approximate surface area is 216 Å². The molecule has 4 aromatic rings. The largest absolute Gasteiger partial charge is 0.340 e. The van der Waals surface area contributed by atoms with Gasteiger partial charge in [-0.2, -0.15) is 0 Å². The van der Waals surface area contributed by atoms with Crippen LogP contribution >= 0.6 is 7.60 Å². The smallest absolute Gasteiger partial charge is 0.330 e. The van der Waals surface area contributed by atoms with E-state index in [1.165, 1.54) is 6.07 Å². The third-order valence-corrected chi connectivity index (χ3v) is 8.59. The van der Waals surface area contributed by atoms with E-state index in [4.69, 9.17) is 9.05 Å². The van der Waals surface area contributed by atoms with E-state index >= 15 is 0 Å². The lowest BCUT2D eigenvalue weighted by Crippen LogP contribution is -2.06. The summed E-state index contributed by atoms with van der Waals surface area (Å²) in [5.74, 6) is 0. The Balaban J connectivity index is 1.80. The molecule has 194 valence electrons. The van der Waals surface area contributed by atoms with Crippen molar-refractivity contribution in [2.75, 3.05) is 26.4 Å². The maximum atomic E-state index is 13.0. The Hall–Kier alpha value is -3.32. The van der Waals surface area contributed by atoms with Crippen molar-refractivity contribution in [3.05, 3.63) is 87.5 Å². The number of fused-ring (bicyclic) bond motifs is 3. The van der Waals surface area contributed by atoms with Crippen molar-refractivity contribution in [2.45, 2.75) is 33.7 Å². The van der Waals surface area contributed by atoms with Crippen molar-refractivity contribution >= 4 is 40.8 Å². The number of non-ortho nitro benzene ring substituents is 1. The number of aliphatic imine (C=N–C) groups is 1. The lowest BCUT2D eigenvalue weighted by atomic mass is 9.97. The first-order chi connectivity index (χ1) is 17.8. The molecular formula is C28H32N3O5P. The van der Waals surface area contributed by atoms with Gasteiger partial charge in [-0.25, -0.2) is 0 Å². The molecule has 4 rings (SSSR count). The first kappa shape index (κ1) is 26.7. The number of nitro groups is 1. The topological polar surface area (TPSA) is 96.0 Å². The van der Waals surface area contributed by atoms with Crippen LogP contribution in [-0.4, -0.2) is 41.6 Å². The van der Waals surface area contributed by atoms with Crippen molar-refractivity contribution in [3.8, 4) is 0 Å². The van der Waals surface area contributed by atoms with Gasteiger partial charge in [0.1, 0.15) is 0 Å². The Morgan fingerprint density at radius 1 is 1.00 bits per heavy atom. The summed E-state index contributed by atoms with van der Waals surface area (Å²) in [6.07, 6.45) is 0.862. The quantitative estimate of drug-likeness (QED) is 0.0905. The second-order valence-corrected chi connectivity index (χ2v) is 10.9. The summed E-state index contributed by atoms with van der Waals surface area (Å²) in [6, 6.07) is 19.1. The highest BCUT2D eigenvalue weighted by molar-refractivity contribution is 7.53. The minimum absolute atomic E-state index is 0.0393. The number of rotatable bonds is 11. The molecule has 0 radical (unpaired) electrons. The second kappa shape index (κ2) is 11.4. The SMILES string of the molecule is CCOP(=O)(CCCn1c2ccc(C(=NC)c3ccccc3C)cc2c2cc([N+](=O)[O-])ccc21)OCC. The van der Waals surface area contributed by atoms with Crippen molar-refractivity contribution < 1.29 is 18.5 Å². The minimum atomic E-state index is -3.16. The van der Waals surface area contributed by atoms with Gasteiger partial charge < -0.3 is 13.6 Å². The van der Waals surface area contributed by atoms with E-state index in [9.17, 15) is 14.7 Å².